The molecule has 3 N–H and O–H groups in total. The van der Waals surface area contributed by atoms with Gasteiger partial charge in [-0.05, 0) is 43.0 Å². The Hall–Kier alpha value is -4.85. The van der Waals surface area contributed by atoms with Gasteiger partial charge in [-0.15, -0.1) is 0 Å². The zero-order chi connectivity index (χ0) is 28.2. The fraction of sp³-hybridized carbons (Fsp3) is 0.242. The van der Waals surface area contributed by atoms with Crippen LogP contribution in [0.3, 0.4) is 0 Å². The first kappa shape index (κ1) is 26.4. The summed E-state index contributed by atoms with van der Waals surface area (Å²) in [6.07, 6.45) is 22.4. The minimum Gasteiger partial charge on any atom is -0.358 e. The number of aromatic nitrogens is 7. The molecule has 206 valence electrons. The van der Waals surface area contributed by atoms with E-state index in [1.807, 2.05) is 56.0 Å². The van der Waals surface area contributed by atoms with Crippen molar-refractivity contribution in [2.24, 2.45) is 5.92 Å². The molecular formula is C33H34N8. The van der Waals surface area contributed by atoms with Gasteiger partial charge in [-0.2, -0.15) is 5.10 Å². The number of hydrogen-bond donors (Lipinski definition) is 3. The van der Waals surface area contributed by atoms with Gasteiger partial charge in [0.25, 0.3) is 0 Å². The molecule has 6 rings (SSSR count). The molecule has 1 saturated carbocycles. The monoisotopic (exact) mass is 542 g/mol. The van der Waals surface area contributed by atoms with Crippen molar-refractivity contribution in [2.75, 3.05) is 5.32 Å². The van der Waals surface area contributed by atoms with E-state index in [0.29, 0.717) is 11.5 Å². The number of nitrogens with zero attached hydrogens (tertiary/aromatic N) is 5. The van der Waals surface area contributed by atoms with Crippen LogP contribution in [-0.4, -0.2) is 35.1 Å². The summed E-state index contributed by atoms with van der Waals surface area (Å²) in [7, 11) is 0. The number of fused-ring (bicyclic) bond motifs is 1. The normalized spacial score (nSPS) is 15.0. The molecule has 41 heavy (non-hydrogen) atoms. The number of aromatic amines is 2. The number of allylic oxidation sites excluding steroid dienone is 2. The molecule has 0 spiro atoms. The smallest absolute Gasteiger partial charge is 0.159 e. The fourth-order valence-electron chi connectivity index (χ4n) is 5.63. The highest BCUT2D eigenvalue weighted by atomic mass is 15.1. The van der Waals surface area contributed by atoms with E-state index in [-0.39, 0.29) is 0 Å². The van der Waals surface area contributed by atoms with E-state index >= 15 is 0 Å². The Labute approximate surface area is 239 Å². The number of nitrogens with one attached hydrogen (secondary N) is 3. The Morgan fingerprint density at radius 3 is 2.71 bits per heavy atom. The van der Waals surface area contributed by atoms with Crippen molar-refractivity contribution >= 4 is 34.4 Å². The summed E-state index contributed by atoms with van der Waals surface area (Å²) in [5.74, 6) is 1.37. The Balaban J connectivity index is 1.30. The van der Waals surface area contributed by atoms with Crippen LogP contribution in [0.2, 0.25) is 0 Å². The number of H-pyrrole nitrogens is 2. The Kier molecular flexibility index (Phi) is 7.54. The molecule has 8 nitrogen and oxygen atoms in total. The summed E-state index contributed by atoms with van der Waals surface area (Å²) < 4.78 is 0. The standard InChI is InChI=1S/C33H34N8/c1-4-29-27(13-21(2)25-15-26(18-35-17-25)37-22(3)14-23-9-6-5-7-10-23)32(41-40-29)33-38-30-20-36-19-28(31(30)39-33)24-11-8-12-34-16-24/h4,8,11-13,15-20,23,37,40H,2-3,5-7,9-10,14H2,1H3,(H,38,39)/b27-13+,29-4+. The van der Waals surface area contributed by atoms with E-state index in [4.69, 9.17) is 4.98 Å². The van der Waals surface area contributed by atoms with E-state index < -0.39 is 0 Å². The van der Waals surface area contributed by atoms with Gasteiger partial charge in [-0.1, -0.05) is 57.4 Å². The molecule has 0 aromatic carbocycles. The largest absolute Gasteiger partial charge is 0.358 e. The third kappa shape index (κ3) is 5.72. The average molecular weight is 543 g/mol. The minimum atomic E-state index is 0.647. The SMILES string of the molecule is C=C(CC1CCCCC1)Nc1cncc(C(=C)/C=c2/c(-c3nc4c(-c5cccnc5)cncc4[nH]3)n[nH]/c2=C/C)c1. The molecule has 1 aliphatic rings. The van der Waals surface area contributed by atoms with Crippen molar-refractivity contribution in [1.29, 1.82) is 0 Å². The van der Waals surface area contributed by atoms with Crippen LogP contribution in [0, 0.1) is 5.92 Å². The average Bonchev–Trinajstić information content (AvgIpc) is 3.62. The van der Waals surface area contributed by atoms with Gasteiger partial charge in [0.05, 0.1) is 28.9 Å². The van der Waals surface area contributed by atoms with Crippen molar-refractivity contribution in [3.63, 3.8) is 0 Å². The van der Waals surface area contributed by atoms with Gasteiger partial charge in [-0.3, -0.25) is 20.1 Å². The van der Waals surface area contributed by atoms with Crippen molar-refractivity contribution < 1.29 is 0 Å². The summed E-state index contributed by atoms with van der Waals surface area (Å²) in [6, 6.07) is 5.98. The molecule has 0 amide bonds. The van der Waals surface area contributed by atoms with Crippen LogP contribution in [0.25, 0.3) is 51.4 Å². The molecule has 1 aliphatic carbocycles. The molecule has 0 saturated heterocycles. The lowest BCUT2D eigenvalue weighted by atomic mass is 9.86. The number of rotatable bonds is 8. The topological polar surface area (TPSA) is 108 Å². The molecule has 8 heteroatoms. The summed E-state index contributed by atoms with van der Waals surface area (Å²) in [5.41, 5.74) is 7.90. The molecule has 5 aromatic rings. The van der Waals surface area contributed by atoms with Gasteiger partial charge in [-0.25, -0.2) is 4.98 Å². The van der Waals surface area contributed by atoms with Crippen LogP contribution in [0.1, 0.15) is 51.0 Å². The predicted octanol–water partition coefficient (Wildman–Crippen LogP) is 6.00. The first-order valence-electron chi connectivity index (χ1n) is 14.1. The van der Waals surface area contributed by atoms with Crippen molar-refractivity contribution in [3.8, 4) is 22.6 Å². The van der Waals surface area contributed by atoms with Crippen LogP contribution in [-0.2, 0) is 0 Å². The maximum Gasteiger partial charge on any atom is 0.159 e. The second-order valence-electron chi connectivity index (χ2n) is 10.7. The second-order valence-corrected chi connectivity index (χ2v) is 10.7. The van der Waals surface area contributed by atoms with Crippen molar-refractivity contribution in [2.45, 2.75) is 45.4 Å². The highest BCUT2D eigenvalue weighted by Crippen LogP contribution is 2.30. The van der Waals surface area contributed by atoms with Gasteiger partial charge in [0.15, 0.2) is 5.82 Å². The van der Waals surface area contributed by atoms with Crippen LogP contribution in [0.4, 0.5) is 5.69 Å². The minimum absolute atomic E-state index is 0.647. The Bertz CT molecular complexity index is 1820. The maximum absolute atomic E-state index is 4.94. The summed E-state index contributed by atoms with van der Waals surface area (Å²) in [5, 5.41) is 13.0. The van der Waals surface area contributed by atoms with Crippen LogP contribution >= 0.6 is 0 Å². The van der Waals surface area contributed by atoms with Gasteiger partial charge in [0, 0.05) is 52.4 Å². The van der Waals surface area contributed by atoms with Gasteiger partial charge >= 0.3 is 0 Å². The van der Waals surface area contributed by atoms with Crippen LogP contribution in [0.5, 0.6) is 0 Å². The number of imidazole rings is 1. The molecule has 0 atom stereocenters. The molecule has 0 radical (unpaired) electrons. The van der Waals surface area contributed by atoms with E-state index in [2.05, 4.69) is 54.7 Å². The van der Waals surface area contributed by atoms with Gasteiger partial charge in [0.1, 0.15) is 11.2 Å². The molecule has 1 fully saturated rings. The first-order valence-corrected chi connectivity index (χ1v) is 14.1. The predicted molar refractivity (Wildman–Crippen MR) is 166 cm³/mol. The van der Waals surface area contributed by atoms with Crippen molar-refractivity contribution in [3.05, 3.63) is 90.4 Å². The summed E-state index contributed by atoms with van der Waals surface area (Å²) in [4.78, 5) is 21.5. The lowest BCUT2D eigenvalue weighted by Crippen LogP contribution is -2.23. The maximum atomic E-state index is 4.94. The second kappa shape index (κ2) is 11.7. The lowest BCUT2D eigenvalue weighted by molar-refractivity contribution is 0.357. The number of pyridine rings is 3. The molecule has 0 aliphatic heterocycles. The summed E-state index contributed by atoms with van der Waals surface area (Å²) in [6.45, 7) is 10.6. The third-order valence-electron chi connectivity index (χ3n) is 7.72. The third-order valence-corrected chi connectivity index (χ3v) is 7.72. The number of hydrogen-bond acceptors (Lipinski definition) is 6. The molecule has 5 heterocycles. The fourth-order valence-corrected chi connectivity index (χ4v) is 5.63. The molecular weight excluding hydrogens is 508 g/mol. The zero-order valence-electron chi connectivity index (χ0n) is 23.3. The van der Waals surface area contributed by atoms with Crippen molar-refractivity contribution in [1.82, 2.24) is 35.1 Å². The van der Waals surface area contributed by atoms with E-state index in [9.17, 15) is 0 Å². The summed E-state index contributed by atoms with van der Waals surface area (Å²) >= 11 is 0. The zero-order valence-corrected chi connectivity index (χ0v) is 23.3. The van der Waals surface area contributed by atoms with E-state index in [1.54, 1.807) is 12.4 Å². The molecule has 5 aromatic heterocycles. The quantitative estimate of drug-likeness (QED) is 0.222. The number of anilines is 1. The lowest BCUT2D eigenvalue weighted by Gasteiger charge is -2.22. The first-order chi connectivity index (χ1) is 20.1. The Morgan fingerprint density at radius 1 is 1.05 bits per heavy atom. The molecule has 0 unspecified atom stereocenters. The van der Waals surface area contributed by atoms with E-state index in [1.165, 1.54) is 32.1 Å². The van der Waals surface area contributed by atoms with Crippen LogP contribution < -0.4 is 15.9 Å². The highest BCUT2D eigenvalue weighted by Gasteiger charge is 2.16. The van der Waals surface area contributed by atoms with E-state index in [0.717, 1.165) is 67.6 Å². The Morgan fingerprint density at radius 2 is 1.90 bits per heavy atom. The highest BCUT2D eigenvalue weighted by molar-refractivity contribution is 5.93. The van der Waals surface area contributed by atoms with Crippen LogP contribution in [0.15, 0.2) is 74.2 Å². The molecule has 0 bridgehead atoms. The van der Waals surface area contributed by atoms with Gasteiger partial charge in [0.2, 0.25) is 0 Å². The van der Waals surface area contributed by atoms with Gasteiger partial charge < -0.3 is 10.3 Å².